The van der Waals surface area contributed by atoms with E-state index in [9.17, 15) is 18.0 Å². The molecular weight excluding hydrogens is 464 g/mol. The Balaban J connectivity index is 1.60. The molecule has 10 nitrogen and oxygen atoms in total. The first-order valence-corrected chi connectivity index (χ1v) is 12.2. The normalized spacial score (nSPS) is 15.3. The van der Waals surface area contributed by atoms with Crippen LogP contribution >= 0.6 is 0 Å². The van der Waals surface area contributed by atoms with Crippen molar-refractivity contribution in [3.05, 3.63) is 48.0 Å². The summed E-state index contributed by atoms with van der Waals surface area (Å²) in [6, 6.07) is 10.4. The molecule has 1 aliphatic heterocycles. The fraction of sp³-hybridized carbons (Fsp3) is 0.391. The molecule has 0 saturated carbocycles. The van der Waals surface area contributed by atoms with E-state index in [0.29, 0.717) is 50.1 Å². The van der Waals surface area contributed by atoms with E-state index >= 15 is 0 Å². The Bertz CT molecular complexity index is 1110. The van der Waals surface area contributed by atoms with Gasteiger partial charge in [0.15, 0.2) is 17.6 Å². The van der Waals surface area contributed by atoms with Crippen LogP contribution < -0.4 is 14.8 Å². The summed E-state index contributed by atoms with van der Waals surface area (Å²) < 4.78 is 47.9. The molecule has 1 aliphatic rings. The third-order valence-corrected chi connectivity index (χ3v) is 6.99. The smallest absolute Gasteiger partial charge is 0.339 e. The Labute approximate surface area is 198 Å². The largest absolute Gasteiger partial charge is 0.493 e. The molecular formula is C23H28N2O8S. The topological polar surface area (TPSA) is 120 Å². The van der Waals surface area contributed by atoms with Gasteiger partial charge in [0.1, 0.15) is 0 Å². The van der Waals surface area contributed by atoms with Crippen molar-refractivity contribution < 1.29 is 37.0 Å². The highest BCUT2D eigenvalue weighted by atomic mass is 32.2. The first kappa shape index (κ1) is 25.5. The number of morpholine rings is 1. The predicted molar refractivity (Wildman–Crippen MR) is 124 cm³/mol. The van der Waals surface area contributed by atoms with Crippen LogP contribution in [0.3, 0.4) is 0 Å². The van der Waals surface area contributed by atoms with E-state index in [0.717, 1.165) is 0 Å². The summed E-state index contributed by atoms with van der Waals surface area (Å²) >= 11 is 0. The van der Waals surface area contributed by atoms with Crippen LogP contribution in [0.15, 0.2) is 47.4 Å². The minimum absolute atomic E-state index is 0.122. The van der Waals surface area contributed by atoms with E-state index in [1.807, 2.05) is 6.92 Å². The first-order chi connectivity index (χ1) is 16.3. The minimum atomic E-state index is -3.63. The van der Waals surface area contributed by atoms with Crippen molar-refractivity contribution >= 4 is 27.6 Å². The van der Waals surface area contributed by atoms with Gasteiger partial charge in [-0.1, -0.05) is 0 Å². The Morgan fingerprint density at radius 3 is 2.38 bits per heavy atom. The van der Waals surface area contributed by atoms with E-state index < -0.39 is 28.0 Å². The average molecular weight is 493 g/mol. The molecule has 184 valence electrons. The van der Waals surface area contributed by atoms with Gasteiger partial charge >= 0.3 is 5.97 Å². The SMILES string of the molecule is CCOc1ccc(C(=O)OC(C)C(=O)Nc2ccc(S(=O)(=O)N3CCOCC3)cc2)cc1OC. The molecule has 3 rings (SSSR count). The second-order valence-electron chi connectivity index (χ2n) is 7.38. The zero-order chi connectivity index (χ0) is 24.7. The van der Waals surface area contributed by atoms with Crippen LogP contribution in [0.2, 0.25) is 0 Å². The van der Waals surface area contributed by atoms with Crippen molar-refractivity contribution in [3.8, 4) is 11.5 Å². The number of hydrogen-bond donors (Lipinski definition) is 1. The number of hydrogen-bond acceptors (Lipinski definition) is 8. The summed E-state index contributed by atoms with van der Waals surface area (Å²) in [6.07, 6.45) is -1.10. The Morgan fingerprint density at radius 1 is 1.09 bits per heavy atom. The van der Waals surface area contributed by atoms with Gasteiger partial charge in [-0.25, -0.2) is 13.2 Å². The molecule has 0 bridgehead atoms. The second-order valence-corrected chi connectivity index (χ2v) is 9.31. The number of carbonyl (C=O) groups is 2. The fourth-order valence-electron chi connectivity index (χ4n) is 3.24. The monoisotopic (exact) mass is 492 g/mol. The molecule has 11 heteroatoms. The van der Waals surface area contributed by atoms with Gasteiger partial charge in [0.25, 0.3) is 5.91 Å². The third-order valence-electron chi connectivity index (χ3n) is 5.08. The molecule has 1 amide bonds. The number of methoxy groups -OCH3 is 1. The van der Waals surface area contributed by atoms with Crippen LogP contribution in [0.1, 0.15) is 24.2 Å². The van der Waals surface area contributed by atoms with Gasteiger partial charge in [0.05, 0.1) is 37.4 Å². The second kappa shape index (κ2) is 11.3. The highest BCUT2D eigenvalue weighted by Crippen LogP contribution is 2.28. The standard InChI is InChI=1S/C23H28N2O8S/c1-4-32-20-10-5-17(15-21(20)30-3)23(27)33-16(2)22(26)24-18-6-8-19(9-7-18)34(28,29)25-11-13-31-14-12-25/h5-10,15-16H,4,11-14H2,1-3H3,(H,24,26). The maximum absolute atomic E-state index is 12.7. The Kier molecular flexibility index (Phi) is 8.48. The number of benzene rings is 2. The van der Waals surface area contributed by atoms with Gasteiger partial charge in [0, 0.05) is 18.8 Å². The molecule has 0 aromatic heterocycles. The number of nitrogens with one attached hydrogen (secondary N) is 1. The lowest BCUT2D eigenvalue weighted by Gasteiger charge is -2.26. The van der Waals surface area contributed by atoms with Crippen molar-refractivity contribution in [1.82, 2.24) is 4.31 Å². The zero-order valence-electron chi connectivity index (χ0n) is 19.3. The molecule has 1 heterocycles. The predicted octanol–water partition coefficient (Wildman–Crippen LogP) is 2.30. The van der Waals surface area contributed by atoms with Gasteiger partial charge in [0.2, 0.25) is 10.0 Å². The quantitative estimate of drug-likeness (QED) is 0.530. The van der Waals surface area contributed by atoms with Crippen LogP contribution in [0.4, 0.5) is 5.69 Å². The maximum atomic E-state index is 12.7. The molecule has 0 radical (unpaired) electrons. The van der Waals surface area contributed by atoms with E-state index in [4.69, 9.17) is 18.9 Å². The summed E-state index contributed by atoms with van der Waals surface area (Å²) in [5.74, 6) is -0.391. The Hall–Kier alpha value is -3.15. The summed E-state index contributed by atoms with van der Waals surface area (Å²) in [6.45, 7) is 5.01. The van der Waals surface area contributed by atoms with Gasteiger partial charge in [-0.15, -0.1) is 0 Å². The molecule has 2 aromatic carbocycles. The van der Waals surface area contributed by atoms with E-state index in [1.165, 1.54) is 54.7 Å². The molecule has 2 aromatic rings. The van der Waals surface area contributed by atoms with E-state index in [1.54, 1.807) is 6.07 Å². The lowest BCUT2D eigenvalue weighted by Crippen LogP contribution is -2.40. The van der Waals surface area contributed by atoms with Gasteiger partial charge in [-0.05, 0) is 56.3 Å². The van der Waals surface area contributed by atoms with Gasteiger partial charge < -0.3 is 24.3 Å². The van der Waals surface area contributed by atoms with Crippen molar-refractivity contribution in [2.24, 2.45) is 0 Å². The fourth-order valence-corrected chi connectivity index (χ4v) is 4.65. The summed E-state index contributed by atoms with van der Waals surface area (Å²) in [7, 11) is -2.17. The number of ether oxygens (including phenoxy) is 4. The van der Waals surface area contributed by atoms with Crippen LogP contribution in [0.5, 0.6) is 11.5 Å². The van der Waals surface area contributed by atoms with Gasteiger partial charge in [-0.3, -0.25) is 4.79 Å². The molecule has 1 N–H and O–H groups in total. The van der Waals surface area contributed by atoms with Crippen LogP contribution in [-0.2, 0) is 24.3 Å². The molecule has 34 heavy (non-hydrogen) atoms. The molecule has 1 saturated heterocycles. The molecule has 0 spiro atoms. The van der Waals surface area contributed by atoms with E-state index in [2.05, 4.69) is 5.32 Å². The lowest BCUT2D eigenvalue weighted by atomic mass is 10.2. The summed E-state index contributed by atoms with van der Waals surface area (Å²) in [4.78, 5) is 25.1. The minimum Gasteiger partial charge on any atom is -0.493 e. The summed E-state index contributed by atoms with van der Waals surface area (Å²) in [5, 5.41) is 2.62. The third kappa shape index (κ3) is 6.04. The Morgan fingerprint density at radius 2 is 1.76 bits per heavy atom. The first-order valence-electron chi connectivity index (χ1n) is 10.8. The number of nitrogens with zero attached hydrogens (tertiary/aromatic N) is 1. The van der Waals surface area contributed by atoms with Crippen molar-refractivity contribution in [1.29, 1.82) is 0 Å². The number of amides is 1. The number of carbonyl (C=O) groups excluding carboxylic acids is 2. The number of sulfonamides is 1. The van der Waals surface area contributed by atoms with Crippen molar-refractivity contribution in [2.75, 3.05) is 45.3 Å². The van der Waals surface area contributed by atoms with E-state index in [-0.39, 0.29) is 10.5 Å². The number of rotatable bonds is 9. The van der Waals surface area contributed by atoms with Crippen molar-refractivity contribution in [2.45, 2.75) is 24.8 Å². The molecule has 1 fully saturated rings. The summed E-state index contributed by atoms with van der Waals surface area (Å²) in [5.41, 5.74) is 0.578. The van der Waals surface area contributed by atoms with Crippen LogP contribution in [0.25, 0.3) is 0 Å². The number of esters is 1. The van der Waals surface area contributed by atoms with Gasteiger partial charge in [-0.2, -0.15) is 4.31 Å². The maximum Gasteiger partial charge on any atom is 0.339 e. The average Bonchev–Trinajstić information content (AvgIpc) is 2.85. The lowest BCUT2D eigenvalue weighted by molar-refractivity contribution is -0.123. The van der Waals surface area contributed by atoms with Crippen LogP contribution in [0, 0.1) is 0 Å². The van der Waals surface area contributed by atoms with Crippen LogP contribution in [-0.4, -0.2) is 70.7 Å². The molecule has 1 atom stereocenters. The zero-order valence-corrected chi connectivity index (χ0v) is 20.1. The molecule has 1 unspecified atom stereocenters. The molecule has 0 aliphatic carbocycles. The number of anilines is 1. The van der Waals surface area contributed by atoms with Crippen molar-refractivity contribution in [3.63, 3.8) is 0 Å². The highest BCUT2D eigenvalue weighted by Gasteiger charge is 2.26. The highest BCUT2D eigenvalue weighted by molar-refractivity contribution is 7.89.